The highest BCUT2D eigenvalue weighted by molar-refractivity contribution is 7.80. The van der Waals surface area contributed by atoms with Gasteiger partial charge in [0.2, 0.25) is 0 Å². The quantitative estimate of drug-likeness (QED) is 0.457. The summed E-state index contributed by atoms with van der Waals surface area (Å²) >= 11 is 5.30. The van der Waals surface area contributed by atoms with Gasteiger partial charge in [0.25, 0.3) is 0 Å². The van der Waals surface area contributed by atoms with E-state index in [0.29, 0.717) is 17.1 Å². The Labute approximate surface area is 114 Å². The lowest BCUT2D eigenvalue weighted by Crippen LogP contribution is -2.42. The number of allylic oxidation sites excluding steroid dienone is 2. The van der Waals surface area contributed by atoms with Gasteiger partial charge in [-0.2, -0.15) is 5.10 Å². The highest BCUT2D eigenvalue weighted by Crippen LogP contribution is 2.40. The molecule has 0 aromatic heterocycles. The Morgan fingerprint density at radius 1 is 1.28 bits per heavy atom. The molecule has 3 aliphatic rings. The molecule has 2 atom stereocenters. The van der Waals surface area contributed by atoms with Crippen molar-refractivity contribution >= 4 is 23.0 Å². The topological polar surface area (TPSA) is 36.4 Å². The van der Waals surface area contributed by atoms with E-state index in [1.54, 1.807) is 0 Å². The van der Waals surface area contributed by atoms with E-state index in [4.69, 9.17) is 12.2 Å². The summed E-state index contributed by atoms with van der Waals surface area (Å²) in [6, 6.07) is 0.555. The molecule has 0 spiro atoms. The number of nitrogens with one attached hydrogen (secondary N) is 2. The zero-order valence-electron chi connectivity index (χ0n) is 10.7. The first-order valence-corrected chi connectivity index (χ1v) is 7.53. The van der Waals surface area contributed by atoms with E-state index >= 15 is 0 Å². The van der Waals surface area contributed by atoms with Crippen molar-refractivity contribution in [2.45, 2.75) is 51.0 Å². The van der Waals surface area contributed by atoms with Crippen molar-refractivity contribution in [1.29, 1.82) is 0 Å². The molecule has 0 saturated heterocycles. The first-order chi connectivity index (χ1) is 8.83. The molecular weight excluding hydrogens is 242 g/mol. The summed E-state index contributed by atoms with van der Waals surface area (Å²) in [5, 5.41) is 8.52. The molecule has 18 heavy (non-hydrogen) atoms. The van der Waals surface area contributed by atoms with Crippen LogP contribution in [-0.2, 0) is 0 Å². The van der Waals surface area contributed by atoms with Crippen LogP contribution < -0.4 is 10.7 Å². The highest BCUT2D eigenvalue weighted by atomic mass is 32.1. The van der Waals surface area contributed by atoms with Crippen LogP contribution in [0.15, 0.2) is 17.3 Å². The minimum Gasteiger partial charge on any atom is -0.359 e. The van der Waals surface area contributed by atoms with Crippen LogP contribution in [0.5, 0.6) is 0 Å². The predicted octanol–water partition coefficient (Wildman–Crippen LogP) is 2.74. The predicted molar refractivity (Wildman–Crippen MR) is 78.5 cm³/mol. The number of hydrogen-bond acceptors (Lipinski definition) is 2. The second-order valence-electron chi connectivity index (χ2n) is 5.68. The Hall–Kier alpha value is -0.900. The molecule has 2 N–H and O–H groups in total. The molecule has 0 aromatic rings. The fourth-order valence-corrected chi connectivity index (χ4v) is 3.46. The maximum Gasteiger partial charge on any atom is 0.187 e. The van der Waals surface area contributed by atoms with Gasteiger partial charge in [-0.15, -0.1) is 0 Å². The monoisotopic (exact) mass is 263 g/mol. The second-order valence-corrected chi connectivity index (χ2v) is 6.09. The molecule has 2 saturated carbocycles. The summed E-state index contributed by atoms with van der Waals surface area (Å²) in [5.41, 5.74) is 4.28. The van der Waals surface area contributed by atoms with Crippen LogP contribution in [0.25, 0.3) is 0 Å². The zero-order chi connectivity index (χ0) is 12.4. The smallest absolute Gasteiger partial charge is 0.187 e. The molecule has 3 aliphatic carbocycles. The molecule has 3 nitrogen and oxygen atoms in total. The van der Waals surface area contributed by atoms with Crippen LogP contribution in [0.3, 0.4) is 0 Å². The summed E-state index contributed by atoms with van der Waals surface area (Å²) in [6.07, 6.45) is 13.4. The standard InChI is InChI=1S/C14H21N3S/c18-14(15-11-6-2-1-3-7-11)17-16-13-9-10-5-4-8-12(10)13/h4,8,10-12H,1-3,5-7,9H2,(H2,15,17,18)/b16-13-/t10-,12+/m1/s1. The number of rotatable bonds is 2. The third-order valence-corrected chi connectivity index (χ3v) is 4.60. The maximum atomic E-state index is 5.30. The van der Waals surface area contributed by atoms with Gasteiger partial charge in [-0.25, -0.2) is 0 Å². The average molecular weight is 263 g/mol. The average Bonchev–Trinajstić information content (AvgIpc) is 2.72. The van der Waals surface area contributed by atoms with Crippen LogP contribution >= 0.6 is 12.2 Å². The molecule has 0 heterocycles. The van der Waals surface area contributed by atoms with Gasteiger partial charge in [0.05, 0.1) is 0 Å². The first-order valence-electron chi connectivity index (χ1n) is 7.12. The SMILES string of the molecule is S=C(N/N=C1/C[C@H]2CC=C[C@H]12)NC1CCCCC1. The van der Waals surface area contributed by atoms with Gasteiger partial charge in [-0.05, 0) is 43.8 Å². The van der Waals surface area contributed by atoms with Crippen LogP contribution in [0.2, 0.25) is 0 Å². The van der Waals surface area contributed by atoms with Crippen LogP contribution in [0, 0.1) is 11.8 Å². The van der Waals surface area contributed by atoms with E-state index in [1.807, 2.05) is 0 Å². The van der Waals surface area contributed by atoms with Gasteiger partial charge < -0.3 is 5.32 Å². The summed E-state index contributed by atoms with van der Waals surface area (Å²) in [6.45, 7) is 0. The van der Waals surface area contributed by atoms with Gasteiger partial charge in [-0.3, -0.25) is 5.43 Å². The van der Waals surface area contributed by atoms with Gasteiger partial charge in [0, 0.05) is 17.7 Å². The van der Waals surface area contributed by atoms with Crippen molar-refractivity contribution in [2.24, 2.45) is 16.9 Å². The lowest BCUT2D eigenvalue weighted by atomic mass is 9.74. The normalized spacial score (nSPS) is 33.0. The molecule has 98 valence electrons. The van der Waals surface area contributed by atoms with Crippen molar-refractivity contribution in [1.82, 2.24) is 10.7 Å². The van der Waals surface area contributed by atoms with Crippen molar-refractivity contribution in [3.05, 3.63) is 12.2 Å². The van der Waals surface area contributed by atoms with E-state index in [-0.39, 0.29) is 0 Å². The van der Waals surface area contributed by atoms with Crippen LogP contribution in [0.4, 0.5) is 0 Å². The number of fused-ring (bicyclic) bond motifs is 1. The Balaban J connectivity index is 1.44. The molecule has 0 amide bonds. The van der Waals surface area contributed by atoms with Gasteiger partial charge in [0.15, 0.2) is 5.11 Å². The number of hydrogen-bond donors (Lipinski definition) is 2. The Morgan fingerprint density at radius 2 is 2.11 bits per heavy atom. The molecule has 0 aliphatic heterocycles. The molecule has 4 heteroatoms. The Morgan fingerprint density at radius 3 is 2.89 bits per heavy atom. The molecule has 0 bridgehead atoms. The molecule has 0 unspecified atom stereocenters. The third kappa shape index (κ3) is 2.58. The molecule has 0 aromatic carbocycles. The van der Waals surface area contributed by atoms with Crippen molar-refractivity contribution < 1.29 is 0 Å². The molecule has 0 radical (unpaired) electrons. The van der Waals surface area contributed by atoms with Gasteiger partial charge >= 0.3 is 0 Å². The van der Waals surface area contributed by atoms with Crippen molar-refractivity contribution in [2.75, 3.05) is 0 Å². The van der Waals surface area contributed by atoms with Crippen LogP contribution in [0.1, 0.15) is 44.9 Å². The molecular formula is C14H21N3S. The zero-order valence-corrected chi connectivity index (χ0v) is 11.5. The van der Waals surface area contributed by atoms with E-state index in [2.05, 4.69) is 28.0 Å². The van der Waals surface area contributed by atoms with E-state index < -0.39 is 0 Å². The summed E-state index contributed by atoms with van der Waals surface area (Å²) in [4.78, 5) is 0. The Kier molecular flexibility index (Phi) is 3.64. The van der Waals surface area contributed by atoms with E-state index in [1.165, 1.54) is 44.2 Å². The molecule has 3 rings (SSSR count). The largest absolute Gasteiger partial charge is 0.359 e. The number of hydrazone groups is 1. The lowest BCUT2D eigenvalue weighted by molar-refractivity contribution is 0.411. The number of thiocarbonyl (C=S) groups is 1. The number of nitrogens with zero attached hydrogens (tertiary/aromatic N) is 1. The highest BCUT2D eigenvalue weighted by Gasteiger charge is 2.37. The third-order valence-electron chi connectivity index (χ3n) is 4.39. The first kappa shape index (κ1) is 12.2. The van der Waals surface area contributed by atoms with Crippen molar-refractivity contribution in [3.8, 4) is 0 Å². The lowest BCUT2D eigenvalue weighted by Gasteiger charge is -2.32. The fraction of sp³-hybridized carbons (Fsp3) is 0.714. The van der Waals surface area contributed by atoms with Crippen LogP contribution in [-0.4, -0.2) is 16.9 Å². The van der Waals surface area contributed by atoms with Crippen molar-refractivity contribution in [3.63, 3.8) is 0 Å². The van der Waals surface area contributed by atoms with Gasteiger partial charge in [0.1, 0.15) is 0 Å². The van der Waals surface area contributed by atoms with E-state index in [0.717, 1.165) is 12.3 Å². The second kappa shape index (κ2) is 5.39. The fourth-order valence-electron chi connectivity index (χ4n) is 3.25. The van der Waals surface area contributed by atoms with Gasteiger partial charge in [-0.1, -0.05) is 31.4 Å². The summed E-state index contributed by atoms with van der Waals surface area (Å²) < 4.78 is 0. The molecule has 2 fully saturated rings. The summed E-state index contributed by atoms with van der Waals surface area (Å²) in [7, 11) is 0. The minimum absolute atomic E-state index is 0.555. The summed E-state index contributed by atoms with van der Waals surface area (Å²) in [5.74, 6) is 1.42. The van der Waals surface area contributed by atoms with E-state index in [9.17, 15) is 0 Å². The Bertz CT molecular complexity index is 383. The maximum absolute atomic E-state index is 5.30. The minimum atomic E-state index is 0.555.